The number of hydrogen-bond donors (Lipinski definition) is 2. The lowest BCUT2D eigenvalue weighted by molar-refractivity contribution is -0.137. The second-order valence-corrected chi connectivity index (χ2v) is 6.52. The molecule has 0 aromatic heterocycles. The maximum Gasteiger partial charge on any atom is 0.303 e. The highest BCUT2D eigenvalue weighted by atomic mass is 16.4. The molecule has 0 aliphatic carbocycles. The summed E-state index contributed by atoms with van der Waals surface area (Å²) in [5.74, 6) is -0.871. The zero-order valence-electron chi connectivity index (χ0n) is 13.1. The fourth-order valence-corrected chi connectivity index (χ4v) is 2.03. The van der Waals surface area contributed by atoms with Crippen LogP contribution in [0.2, 0.25) is 0 Å². The van der Waals surface area contributed by atoms with Crippen LogP contribution in [0.15, 0.2) is 30.3 Å². The number of nitrogens with one attached hydrogen (secondary N) is 1. The quantitative estimate of drug-likeness (QED) is 0.807. The van der Waals surface area contributed by atoms with Crippen molar-refractivity contribution in [3.8, 4) is 0 Å². The highest BCUT2D eigenvalue weighted by Gasteiger charge is 2.18. The molecule has 1 atom stereocenters. The van der Waals surface area contributed by atoms with Gasteiger partial charge in [-0.15, -0.1) is 0 Å². The van der Waals surface area contributed by atoms with E-state index in [1.165, 1.54) is 0 Å². The van der Waals surface area contributed by atoms with Crippen molar-refractivity contribution >= 4 is 11.9 Å². The Morgan fingerprint density at radius 3 is 2.29 bits per heavy atom. The number of amides is 1. The Morgan fingerprint density at radius 2 is 1.76 bits per heavy atom. The molecule has 0 heterocycles. The fraction of sp³-hybridized carbons (Fsp3) is 0.529. The average molecular weight is 291 g/mol. The Kier molecular flexibility index (Phi) is 6.40. The Labute approximate surface area is 126 Å². The smallest absolute Gasteiger partial charge is 0.303 e. The lowest BCUT2D eigenvalue weighted by Gasteiger charge is -2.21. The van der Waals surface area contributed by atoms with Crippen molar-refractivity contribution in [2.75, 3.05) is 0 Å². The highest BCUT2D eigenvalue weighted by Crippen LogP contribution is 2.22. The predicted molar refractivity (Wildman–Crippen MR) is 82.9 cm³/mol. The zero-order chi connectivity index (χ0) is 15.9. The molecule has 21 heavy (non-hydrogen) atoms. The first-order valence-electron chi connectivity index (χ1n) is 7.34. The number of carbonyl (C=O) groups excluding carboxylic acids is 1. The lowest BCUT2D eigenvalue weighted by Crippen LogP contribution is -2.29. The molecule has 1 unspecified atom stereocenters. The third-order valence-electron chi connectivity index (χ3n) is 3.29. The van der Waals surface area contributed by atoms with E-state index in [4.69, 9.17) is 5.11 Å². The second-order valence-electron chi connectivity index (χ2n) is 6.52. The van der Waals surface area contributed by atoms with E-state index in [1.807, 2.05) is 30.3 Å². The minimum absolute atomic E-state index is 0.0239. The molecule has 4 nitrogen and oxygen atoms in total. The van der Waals surface area contributed by atoms with Gasteiger partial charge in [0.15, 0.2) is 0 Å². The first-order chi connectivity index (χ1) is 9.78. The maximum atomic E-state index is 12.1. The minimum atomic E-state index is -0.847. The van der Waals surface area contributed by atoms with Gasteiger partial charge in [-0.1, -0.05) is 51.1 Å². The van der Waals surface area contributed by atoms with Crippen LogP contribution in [0.3, 0.4) is 0 Å². The molecule has 116 valence electrons. The molecule has 0 fully saturated rings. The molecule has 0 aliphatic rings. The second kappa shape index (κ2) is 7.81. The summed E-state index contributed by atoms with van der Waals surface area (Å²) in [7, 11) is 0. The van der Waals surface area contributed by atoms with Crippen molar-refractivity contribution in [1.29, 1.82) is 0 Å². The highest BCUT2D eigenvalue weighted by molar-refractivity contribution is 5.76. The van der Waals surface area contributed by atoms with Crippen LogP contribution in [0.4, 0.5) is 0 Å². The van der Waals surface area contributed by atoms with Crippen molar-refractivity contribution in [3.63, 3.8) is 0 Å². The summed E-state index contributed by atoms with van der Waals surface area (Å²) in [5, 5.41) is 11.8. The summed E-state index contributed by atoms with van der Waals surface area (Å²) in [6.45, 7) is 6.29. The van der Waals surface area contributed by atoms with Crippen molar-refractivity contribution in [2.45, 2.75) is 52.5 Å². The van der Waals surface area contributed by atoms with Crippen LogP contribution in [-0.4, -0.2) is 17.0 Å². The van der Waals surface area contributed by atoms with Crippen molar-refractivity contribution in [1.82, 2.24) is 5.32 Å². The predicted octanol–water partition coefficient (Wildman–Crippen LogP) is 3.54. The van der Waals surface area contributed by atoms with Crippen molar-refractivity contribution in [2.24, 2.45) is 5.41 Å². The Balaban J connectivity index is 2.64. The fourth-order valence-electron chi connectivity index (χ4n) is 2.03. The number of benzene rings is 1. The SMILES string of the molecule is CC(C)(C)CCC(=O)NC(CCC(=O)O)c1ccccc1. The molecule has 0 aliphatic heterocycles. The summed E-state index contributed by atoms with van der Waals surface area (Å²) in [6, 6.07) is 9.27. The van der Waals surface area contributed by atoms with Crippen LogP contribution in [0.1, 0.15) is 58.1 Å². The molecule has 0 spiro atoms. The van der Waals surface area contributed by atoms with E-state index in [9.17, 15) is 9.59 Å². The number of aliphatic carboxylic acids is 1. The summed E-state index contributed by atoms with van der Waals surface area (Å²) in [4.78, 5) is 22.8. The third kappa shape index (κ3) is 7.49. The van der Waals surface area contributed by atoms with Gasteiger partial charge in [-0.05, 0) is 23.8 Å². The molecular weight excluding hydrogens is 266 g/mol. The molecule has 1 rings (SSSR count). The van der Waals surface area contributed by atoms with E-state index in [2.05, 4.69) is 26.1 Å². The van der Waals surface area contributed by atoms with E-state index in [1.54, 1.807) is 0 Å². The lowest BCUT2D eigenvalue weighted by atomic mass is 9.90. The van der Waals surface area contributed by atoms with Crippen LogP contribution in [0.25, 0.3) is 0 Å². The normalized spacial score (nSPS) is 12.7. The maximum absolute atomic E-state index is 12.1. The Bertz CT molecular complexity index is 463. The number of carboxylic acid groups (broad SMARTS) is 1. The Hall–Kier alpha value is -1.84. The Morgan fingerprint density at radius 1 is 1.14 bits per heavy atom. The van der Waals surface area contributed by atoms with E-state index in [-0.39, 0.29) is 23.8 Å². The number of carboxylic acids is 1. The molecule has 2 N–H and O–H groups in total. The number of rotatable bonds is 7. The minimum Gasteiger partial charge on any atom is -0.481 e. The van der Waals surface area contributed by atoms with Gasteiger partial charge in [-0.3, -0.25) is 9.59 Å². The van der Waals surface area contributed by atoms with E-state index in [0.29, 0.717) is 12.8 Å². The van der Waals surface area contributed by atoms with Gasteiger partial charge in [0.2, 0.25) is 5.91 Å². The molecule has 0 saturated carbocycles. The first kappa shape index (κ1) is 17.2. The molecule has 1 aromatic rings. The molecule has 0 saturated heterocycles. The largest absolute Gasteiger partial charge is 0.481 e. The van der Waals surface area contributed by atoms with Crippen LogP contribution in [-0.2, 0) is 9.59 Å². The molecule has 1 amide bonds. The number of carbonyl (C=O) groups is 2. The van der Waals surface area contributed by atoms with Gasteiger partial charge in [-0.25, -0.2) is 0 Å². The molecule has 4 heteroatoms. The molecule has 1 aromatic carbocycles. The molecule has 0 radical (unpaired) electrons. The zero-order valence-corrected chi connectivity index (χ0v) is 13.1. The van der Waals surface area contributed by atoms with Crippen LogP contribution in [0, 0.1) is 5.41 Å². The molecular formula is C17H25NO3. The average Bonchev–Trinajstić information content (AvgIpc) is 2.41. The summed E-state index contributed by atoms with van der Waals surface area (Å²) in [6.07, 6.45) is 1.71. The summed E-state index contributed by atoms with van der Waals surface area (Å²) >= 11 is 0. The topological polar surface area (TPSA) is 66.4 Å². The third-order valence-corrected chi connectivity index (χ3v) is 3.29. The number of hydrogen-bond acceptors (Lipinski definition) is 2. The summed E-state index contributed by atoms with van der Waals surface area (Å²) < 4.78 is 0. The van der Waals surface area contributed by atoms with Gasteiger partial charge >= 0.3 is 5.97 Å². The van der Waals surface area contributed by atoms with Crippen molar-refractivity contribution in [3.05, 3.63) is 35.9 Å². The van der Waals surface area contributed by atoms with Crippen LogP contribution in [0.5, 0.6) is 0 Å². The van der Waals surface area contributed by atoms with Gasteiger partial charge < -0.3 is 10.4 Å². The van der Waals surface area contributed by atoms with Gasteiger partial charge in [0, 0.05) is 12.8 Å². The van der Waals surface area contributed by atoms with Crippen LogP contribution >= 0.6 is 0 Å². The van der Waals surface area contributed by atoms with Crippen LogP contribution < -0.4 is 5.32 Å². The standard InChI is InChI=1S/C17H25NO3/c1-17(2,3)12-11-15(19)18-14(9-10-16(20)21)13-7-5-4-6-8-13/h4-8,14H,9-12H2,1-3H3,(H,18,19)(H,20,21). The van der Waals surface area contributed by atoms with Gasteiger partial charge in [0.25, 0.3) is 0 Å². The van der Waals surface area contributed by atoms with E-state index in [0.717, 1.165) is 12.0 Å². The van der Waals surface area contributed by atoms with Gasteiger partial charge in [0.1, 0.15) is 0 Å². The monoisotopic (exact) mass is 291 g/mol. The van der Waals surface area contributed by atoms with Crippen molar-refractivity contribution < 1.29 is 14.7 Å². The molecule has 0 bridgehead atoms. The van der Waals surface area contributed by atoms with E-state index < -0.39 is 5.97 Å². The van der Waals surface area contributed by atoms with Gasteiger partial charge in [0.05, 0.1) is 6.04 Å². The van der Waals surface area contributed by atoms with Gasteiger partial charge in [-0.2, -0.15) is 0 Å². The van der Waals surface area contributed by atoms with E-state index >= 15 is 0 Å². The first-order valence-corrected chi connectivity index (χ1v) is 7.34. The summed E-state index contributed by atoms with van der Waals surface area (Å²) in [5.41, 5.74) is 1.06.